The minimum atomic E-state index is -0.550. The lowest BCUT2D eigenvalue weighted by molar-refractivity contribution is -0.116. The molecule has 1 aromatic rings. The van der Waals surface area contributed by atoms with Crippen LogP contribution in [0.15, 0.2) is 30.3 Å². The topological polar surface area (TPSA) is 58.6 Å². The summed E-state index contributed by atoms with van der Waals surface area (Å²) in [5.74, 6) is -0.195. The van der Waals surface area contributed by atoms with Gasteiger partial charge in [-0.05, 0) is 30.2 Å². The third-order valence-corrected chi connectivity index (χ3v) is 2.68. The van der Waals surface area contributed by atoms with Gasteiger partial charge in [-0.15, -0.1) is 0 Å². The first-order valence-electron chi connectivity index (χ1n) is 6.00. The van der Waals surface area contributed by atoms with Crippen LogP contribution in [0.4, 0.5) is 0 Å². The van der Waals surface area contributed by atoms with Crippen LogP contribution in [-0.4, -0.2) is 37.4 Å². The number of amides is 1. The van der Waals surface area contributed by atoms with E-state index in [1.807, 2.05) is 12.1 Å². The van der Waals surface area contributed by atoms with Gasteiger partial charge in [0.25, 0.3) is 0 Å². The van der Waals surface area contributed by atoms with Crippen molar-refractivity contribution in [3.63, 3.8) is 0 Å². The normalized spacial score (nSPS) is 12.6. The molecule has 19 heavy (non-hydrogen) atoms. The summed E-state index contributed by atoms with van der Waals surface area (Å²) in [6.07, 6.45) is 3.07. The zero-order chi connectivity index (χ0) is 14.1. The first-order valence-corrected chi connectivity index (χ1v) is 6.38. The number of hydrogen-bond donors (Lipinski definition) is 2. The second kappa shape index (κ2) is 8.69. The molecule has 1 unspecified atom stereocenters. The molecule has 0 saturated carbocycles. The van der Waals surface area contributed by atoms with E-state index < -0.39 is 6.10 Å². The molecule has 0 bridgehead atoms. The average Bonchev–Trinajstić information content (AvgIpc) is 2.38. The van der Waals surface area contributed by atoms with Gasteiger partial charge < -0.3 is 15.2 Å². The zero-order valence-electron chi connectivity index (χ0n) is 10.8. The average molecular weight is 284 g/mol. The van der Waals surface area contributed by atoms with E-state index in [2.05, 4.69) is 5.32 Å². The van der Waals surface area contributed by atoms with Gasteiger partial charge >= 0.3 is 0 Å². The Labute approximate surface area is 118 Å². The minimum Gasteiger partial charge on any atom is -0.391 e. The number of rotatable bonds is 7. The third-order valence-electron chi connectivity index (χ3n) is 2.43. The van der Waals surface area contributed by atoms with Crippen molar-refractivity contribution in [3.8, 4) is 0 Å². The van der Waals surface area contributed by atoms with Gasteiger partial charge in [0, 0.05) is 24.8 Å². The molecule has 2 N–H and O–H groups in total. The molecule has 4 nitrogen and oxygen atoms in total. The number of halogens is 1. The first-order chi connectivity index (χ1) is 9.11. The van der Waals surface area contributed by atoms with Crippen LogP contribution < -0.4 is 5.32 Å². The molecule has 104 valence electrons. The first kappa shape index (κ1) is 15.7. The van der Waals surface area contributed by atoms with Gasteiger partial charge in [0.05, 0.1) is 12.7 Å². The molecule has 1 atom stereocenters. The summed E-state index contributed by atoms with van der Waals surface area (Å²) in [6.45, 7) is 0.685. The molecule has 0 saturated heterocycles. The Bertz CT molecular complexity index is 417. The molecule has 0 aliphatic rings. The predicted octanol–water partition coefficient (Wildman–Crippen LogP) is 1.87. The van der Waals surface area contributed by atoms with Gasteiger partial charge in [-0.3, -0.25) is 4.79 Å². The number of carbonyl (C=O) groups is 1. The Balaban J connectivity index is 2.29. The summed E-state index contributed by atoms with van der Waals surface area (Å²) >= 11 is 5.76. The largest absolute Gasteiger partial charge is 0.391 e. The lowest BCUT2D eigenvalue weighted by atomic mass is 10.2. The summed E-state index contributed by atoms with van der Waals surface area (Å²) in [7, 11) is 1.52. The molecular formula is C14H18ClNO3. The van der Waals surface area contributed by atoms with Crippen LogP contribution in [0.1, 0.15) is 12.0 Å². The van der Waals surface area contributed by atoms with Crippen LogP contribution in [0, 0.1) is 0 Å². The molecule has 1 aromatic carbocycles. The minimum absolute atomic E-state index is 0.195. The van der Waals surface area contributed by atoms with Gasteiger partial charge in [-0.25, -0.2) is 0 Å². The maximum atomic E-state index is 11.5. The number of aliphatic hydroxyl groups is 1. The van der Waals surface area contributed by atoms with Gasteiger partial charge in [-0.2, -0.15) is 0 Å². The third kappa shape index (κ3) is 6.96. The summed E-state index contributed by atoms with van der Waals surface area (Å²) in [5, 5.41) is 12.7. The molecule has 0 radical (unpaired) electrons. The molecule has 5 heteroatoms. The fraction of sp³-hybridized carbons (Fsp3) is 0.357. The van der Waals surface area contributed by atoms with E-state index >= 15 is 0 Å². The second-order valence-electron chi connectivity index (χ2n) is 4.07. The van der Waals surface area contributed by atoms with Gasteiger partial charge in [0.2, 0.25) is 5.91 Å². The SMILES string of the molecule is COCC(O)CCNC(=O)/C=C/c1ccc(Cl)cc1. The quantitative estimate of drug-likeness (QED) is 0.751. The van der Waals surface area contributed by atoms with Crippen molar-refractivity contribution in [2.24, 2.45) is 0 Å². The summed E-state index contributed by atoms with van der Waals surface area (Å²) in [5.41, 5.74) is 0.902. The van der Waals surface area contributed by atoms with E-state index in [0.717, 1.165) is 5.56 Å². The highest BCUT2D eigenvalue weighted by Crippen LogP contribution is 2.10. The van der Waals surface area contributed by atoms with Gasteiger partial charge in [-0.1, -0.05) is 23.7 Å². The van der Waals surface area contributed by atoms with Crippen molar-refractivity contribution in [2.75, 3.05) is 20.3 Å². The van der Waals surface area contributed by atoms with Crippen LogP contribution in [0.25, 0.3) is 6.08 Å². The lowest BCUT2D eigenvalue weighted by Crippen LogP contribution is -2.27. The molecule has 1 rings (SSSR count). The molecule has 0 aliphatic carbocycles. The highest BCUT2D eigenvalue weighted by molar-refractivity contribution is 6.30. The lowest BCUT2D eigenvalue weighted by Gasteiger charge is -2.08. The van der Waals surface area contributed by atoms with E-state index in [4.69, 9.17) is 16.3 Å². The second-order valence-corrected chi connectivity index (χ2v) is 4.51. The number of hydrogen-bond acceptors (Lipinski definition) is 3. The van der Waals surface area contributed by atoms with Crippen molar-refractivity contribution < 1.29 is 14.6 Å². The van der Waals surface area contributed by atoms with Crippen molar-refractivity contribution in [2.45, 2.75) is 12.5 Å². The van der Waals surface area contributed by atoms with E-state index in [9.17, 15) is 9.90 Å². The smallest absolute Gasteiger partial charge is 0.244 e. The summed E-state index contributed by atoms with van der Waals surface area (Å²) in [4.78, 5) is 11.5. The molecule has 0 aliphatic heterocycles. The van der Waals surface area contributed by atoms with Crippen molar-refractivity contribution >= 4 is 23.6 Å². The Morgan fingerprint density at radius 2 is 2.16 bits per heavy atom. The fourth-order valence-electron chi connectivity index (χ4n) is 1.44. The molecule has 0 aromatic heterocycles. The van der Waals surface area contributed by atoms with Crippen LogP contribution in [-0.2, 0) is 9.53 Å². The van der Waals surface area contributed by atoms with E-state index in [1.165, 1.54) is 13.2 Å². The Morgan fingerprint density at radius 1 is 1.47 bits per heavy atom. The van der Waals surface area contributed by atoms with Crippen LogP contribution in [0.2, 0.25) is 5.02 Å². The molecule has 1 amide bonds. The van der Waals surface area contributed by atoms with E-state index in [0.29, 0.717) is 18.0 Å². The Morgan fingerprint density at radius 3 is 2.79 bits per heavy atom. The van der Waals surface area contributed by atoms with Gasteiger partial charge in [0.1, 0.15) is 0 Å². The zero-order valence-corrected chi connectivity index (χ0v) is 11.6. The maximum Gasteiger partial charge on any atom is 0.244 e. The molecular weight excluding hydrogens is 266 g/mol. The summed E-state index contributed by atoms with van der Waals surface area (Å²) < 4.78 is 4.79. The summed E-state index contributed by atoms with van der Waals surface area (Å²) in [6, 6.07) is 7.18. The maximum absolute atomic E-state index is 11.5. The fourth-order valence-corrected chi connectivity index (χ4v) is 1.57. The van der Waals surface area contributed by atoms with Crippen LogP contribution in [0.5, 0.6) is 0 Å². The molecule has 0 spiro atoms. The predicted molar refractivity (Wildman–Crippen MR) is 76.0 cm³/mol. The number of benzene rings is 1. The number of carbonyl (C=O) groups excluding carboxylic acids is 1. The number of methoxy groups -OCH3 is 1. The molecule has 0 fully saturated rings. The Hall–Kier alpha value is -1.36. The van der Waals surface area contributed by atoms with Crippen LogP contribution >= 0.6 is 11.6 Å². The van der Waals surface area contributed by atoms with Crippen molar-refractivity contribution in [1.82, 2.24) is 5.32 Å². The Kier molecular flexibility index (Phi) is 7.18. The standard InChI is InChI=1S/C14H18ClNO3/c1-19-10-13(17)8-9-16-14(18)7-4-11-2-5-12(15)6-3-11/h2-7,13,17H,8-10H2,1H3,(H,16,18)/b7-4+. The highest BCUT2D eigenvalue weighted by Gasteiger charge is 2.03. The van der Waals surface area contributed by atoms with Gasteiger partial charge in [0.15, 0.2) is 0 Å². The highest BCUT2D eigenvalue weighted by atomic mass is 35.5. The number of aliphatic hydroxyl groups excluding tert-OH is 1. The van der Waals surface area contributed by atoms with Crippen LogP contribution in [0.3, 0.4) is 0 Å². The van der Waals surface area contributed by atoms with Crippen molar-refractivity contribution in [3.05, 3.63) is 40.9 Å². The number of ether oxygens (including phenoxy) is 1. The monoisotopic (exact) mass is 283 g/mol. The van der Waals surface area contributed by atoms with E-state index in [-0.39, 0.29) is 12.5 Å². The molecule has 0 heterocycles. The number of nitrogens with one attached hydrogen (secondary N) is 1. The van der Waals surface area contributed by atoms with E-state index in [1.54, 1.807) is 18.2 Å². The van der Waals surface area contributed by atoms with Crippen molar-refractivity contribution in [1.29, 1.82) is 0 Å².